The molecule has 0 bridgehead atoms. The molecule has 3 nitrogen and oxygen atoms in total. The number of hydrogen-bond acceptors (Lipinski definition) is 2. The molecule has 0 atom stereocenters. The predicted molar refractivity (Wildman–Crippen MR) is 91.1 cm³/mol. The number of hydrogen-bond donors (Lipinski definition) is 1. The van der Waals surface area contributed by atoms with Gasteiger partial charge in [0.2, 0.25) is 0 Å². The van der Waals surface area contributed by atoms with Gasteiger partial charge in [0.25, 0.3) is 0 Å². The molecule has 1 heterocycles. The fraction of sp³-hybridized carbons (Fsp3) is 0.118. The molecule has 0 saturated carbocycles. The number of benzene rings is 2. The second kappa shape index (κ2) is 6.53. The number of imidazole rings is 1. The number of halogens is 2. The van der Waals surface area contributed by atoms with E-state index in [-0.39, 0.29) is 0 Å². The molecule has 0 radical (unpaired) electrons. The molecule has 22 heavy (non-hydrogen) atoms. The Labute approximate surface area is 139 Å². The van der Waals surface area contributed by atoms with Crippen LogP contribution in [0.3, 0.4) is 0 Å². The molecule has 0 unspecified atom stereocenters. The minimum Gasteiger partial charge on any atom is -0.327 e. The van der Waals surface area contributed by atoms with Crippen molar-refractivity contribution in [1.29, 1.82) is 0 Å². The molecule has 0 amide bonds. The number of nitrogens with zero attached hydrogens (tertiary/aromatic N) is 2. The Kier molecular flexibility index (Phi) is 4.48. The van der Waals surface area contributed by atoms with E-state index in [9.17, 15) is 0 Å². The second-order valence-electron chi connectivity index (χ2n) is 5.03. The summed E-state index contributed by atoms with van der Waals surface area (Å²) in [7, 11) is 0. The summed E-state index contributed by atoms with van der Waals surface area (Å²) in [5.74, 6) is 0.819. The zero-order chi connectivity index (χ0) is 15.5. The van der Waals surface area contributed by atoms with E-state index in [4.69, 9.17) is 28.9 Å². The summed E-state index contributed by atoms with van der Waals surface area (Å²) in [6, 6.07) is 13.7. The van der Waals surface area contributed by atoms with Gasteiger partial charge in [-0.3, -0.25) is 0 Å². The van der Waals surface area contributed by atoms with Crippen LogP contribution in [0.25, 0.3) is 11.4 Å². The third-order valence-electron chi connectivity index (χ3n) is 3.47. The summed E-state index contributed by atoms with van der Waals surface area (Å²) >= 11 is 12.2. The Morgan fingerprint density at radius 1 is 1.05 bits per heavy atom. The third kappa shape index (κ3) is 3.17. The summed E-state index contributed by atoms with van der Waals surface area (Å²) in [5.41, 5.74) is 8.85. The fourth-order valence-electron chi connectivity index (χ4n) is 2.40. The van der Waals surface area contributed by atoms with Crippen molar-refractivity contribution in [3.63, 3.8) is 0 Å². The van der Waals surface area contributed by atoms with Gasteiger partial charge in [0.05, 0.1) is 5.02 Å². The second-order valence-corrected chi connectivity index (χ2v) is 5.87. The molecular weight excluding hydrogens is 317 g/mol. The third-order valence-corrected chi connectivity index (χ3v) is 4.02. The average molecular weight is 332 g/mol. The van der Waals surface area contributed by atoms with Gasteiger partial charge in [-0.15, -0.1) is 0 Å². The van der Waals surface area contributed by atoms with Crippen molar-refractivity contribution >= 4 is 23.2 Å². The molecule has 0 aliphatic rings. The SMILES string of the molecule is NCc1cccc(Cn2ccnc2-c2ccc(Cl)cc2Cl)c1. The highest BCUT2D eigenvalue weighted by Gasteiger charge is 2.11. The highest BCUT2D eigenvalue weighted by atomic mass is 35.5. The Morgan fingerprint density at radius 3 is 2.64 bits per heavy atom. The van der Waals surface area contributed by atoms with E-state index in [0.717, 1.165) is 17.0 Å². The topological polar surface area (TPSA) is 43.8 Å². The van der Waals surface area contributed by atoms with Crippen molar-refractivity contribution in [2.75, 3.05) is 0 Å². The molecule has 3 aromatic rings. The smallest absolute Gasteiger partial charge is 0.141 e. The molecule has 0 spiro atoms. The highest BCUT2D eigenvalue weighted by molar-refractivity contribution is 6.36. The molecule has 2 N–H and O–H groups in total. The van der Waals surface area contributed by atoms with Crippen LogP contribution in [-0.2, 0) is 13.1 Å². The maximum atomic E-state index is 6.29. The average Bonchev–Trinajstić information content (AvgIpc) is 2.95. The minimum atomic E-state index is 0.535. The minimum absolute atomic E-state index is 0.535. The molecule has 0 aliphatic carbocycles. The Bertz CT molecular complexity index is 796. The van der Waals surface area contributed by atoms with Crippen LogP contribution in [0.15, 0.2) is 54.9 Å². The van der Waals surface area contributed by atoms with E-state index >= 15 is 0 Å². The van der Waals surface area contributed by atoms with Crippen LogP contribution < -0.4 is 5.73 Å². The van der Waals surface area contributed by atoms with E-state index in [2.05, 4.69) is 21.7 Å². The lowest BCUT2D eigenvalue weighted by molar-refractivity contribution is 0.805. The first-order valence-electron chi connectivity index (χ1n) is 6.92. The monoisotopic (exact) mass is 331 g/mol. The first kappa shape index (κ1) is 15.1. The van der Waals surface area contributed by atoms with Crippen LogP contribution in [-0.4, -0.2) is 9.55 Å². The first-order chi connectivity index (χ1) is 10.7. The van der Waals surface area contributed by atoms with Gasteiger partial charge in [-0.1, -0.05) is 47.5 Å². The van der Waals surface area contributed by atoms with Gasteiger partial charge in [-0.05, 0) is 29.3 Å². The van der Waals surface area contributed by atoms with E-state index in [1.165, 1.54) is 5.56 Å². The van der Waals surface area contributed by atoms with Gasteiger partial charge in [0.1, 0.15) is 5.82 Å². The molecule has 0 saturated heterocycles. The summed E-state index contributed by atoms with van der Waals surface area (Å²) in [6.07, 6.45) is 3.71. The van der Waals surface area contributed by atoms with E-state index in [0.29, 0.717) is 23.1 Å². The van der Waals surface area contributed by atoms with Crippen molar-refractivity contribution in [2.45, 2.75) is 13.1 Å². The van der Waals surface area contributed by atoms with Crippen LogP contribution in [0.2, 0.25) is 10.0 Å². The molecule has 112 valence electrons. The Hall–Kier alpha value is -1.81. The van der Waals surface area contributed by atoms with Crippen LogP contribution >= 0.6 is 23.2 Å². The summed E-state index contributed by atoms with van der Waals surface area (Å²) in [6.45, 7) is 1.25. The Morgan fingerprint density at radius 2 is 1.86 bits per heavy atom. The zero-order valence-corrected chi connectivity index (χ0v) is 13.3. The molecule has 3 rings (SSSR count). The quantitative estimate of drug-likeness (QED) is 0.771. The van der Waals surface area contributed by atoms with Gasteiger partial charge in [-0.2, -0.15) is 0 Å². The number of rotatable bonds is 4. The molecule has 1 aromatic heterocycles. The van der Waals surface area contributed by atoms with Gasteiger partial charge in [0.15, 0.2) is 0 Å². The molecule has 0 aliphatic heterocycles. The summed E-state index contributed by atoms with van der Waals surface area (Å²) in [5, 5.41) is 1.21. The van der Waals surface area contributed by atoms with Gasteiger partial charge >= 0.3 is 0 Å². The first-order valence-corrected chi connectivity index (χ1v) is 7.67. The standard InChI is InChI=1S/C17H15Cl2N3/c18-14-4-5-15(16(19)9-14)17-21-6-7-22(17)11-13-3-1-2-12(8-13)10-20/h1-9H,10-11,20H2. The lowest BCUT2D eigenvalue weighted by Gasteiger charge is -2.10. The van der Waals surface area contributed by atoms with Crippen LogP contribution in [0.4, 0.5) is 0 Å². The van der Waals surface area contributed by atoms with Crippen LogP contribution in [0, 0.1) is 0 Å². The van der Waals surface area contributed by atoms with Crippen molar-refractivity contribution in [3.05, 3.63) is 76.0 Å². The van der Waals surface area contributed by atoms with Crippen LogP contribution in [0.5, 0.6) is 0 Å². The van der Waals surface area contributed by atoms with Crippen molar-refractivity contribution < 1.29 is 0 Å². The fourth-order valence-corrected chi connectivity index (χ4v) is 2.90. The number of nitrogens with two attached hydrogens (primary N) is 1. The molecule has 0 fully saturated rings. The predicted octanol–water partition coefficient (Wildman–Crippen LogP) is 4.36. The molecule has 5 heteroatoms. The molecule has 2 aromatic carbocycles. The number of aromatic nitrogens is 2. The van der Waals surface area contributed by atoms with E-state index < -0.39 is 0 Å². The maximum Gasteiger partial charge on any atom is 0.141 e. The normalized spacial score (nSPS) is 10.9. The van der Waals surface area contributed by atoms with Gasteiger partial charge in [-0.25, -0.2) is 4.98 Å². The van der Waals surface area contributed by atoms with E-state index in [1.807, 2.05) is 30.5 Å². The lowest BCUT2D eigenvalue weighted by Crippen LogP contribution is -2.03. The van der Waals surface area contributed by atoms with Gasteiger partial charge < -0.3 is 10.3 Å². The highest BCUT2D eigenvalue weighted by Crippen LogP contribution is 2.29. The van der Waals surface area contributed by atoms with Crippen LogP contribution in [0.1, 0.15) is 11.1 Å². The Balaban J connectivity index is 1.95. The zero-order valence-electron chi connectivity index (χ0n) is 11.8. The summed E-state index contributed by atoms with van der Waals surface area (Å²) < 4.78 is 2.06. The van der Waals surface area contributed by atoms with E-state index in [1.54, 1.807) is 12.3 Å². The largest absolute Gasteiger partial charge is 0.327 e. The maximum absolute atomic E-state index is 6.29. The van der Waals surface area contributed by atoms with Crippen molar-refractivity contribution in [1.82, 2.24) is 9.55 Å². The van der Waals surface area contributed by atoms with Crippen molar-refractivity contribution in [2.24, 2.45) is 5.73 Å². The molecular formula is C17H15Cl2N3. The van der Waals surface area contributed by atoms with Crippen molar-refractivity contribution in [3.8, 4) is 11.4 Å². The summed E-state index contributed by atoms with van der Waals surface area (Å²) in [4.78, 5) is 4.43. The van der Waals surface area contributed by atoms with Gasteiger partial charge in [0, 0.05) is 36.1 Å². The lowest BCUT2D eigenvalue weighted by atomic mass is 10.1.